The molecule has 0 radical (unpaired) electrons. The molecule has 26 heavy (non-hydrogen) atoms. The Labute approximate surface area is 159 Å². The summed E-state index contributed by atoms with van der Waals surface area (Å²) in [6.07, 6.45) is 0.943. The molecule has 7 nitrogen and oxygen atoms in total. The van der Waals surface area contributed by atoms with Crippen molar-refractivity contribution in [2.45, 2.75) is 25.2 Å². The molecule has 0 aliphatic carbocycles. The fourth-order valence-corrected chi connectivity index (χ4v) is 3.86. The number of nitro benzene ring substituents is 1. The first kappa shape index (κ1) is 19.9. The van der Waals surface area contributed by atoms with E-state index in [0.29, 0.717) is 15.7 Å². The first-order valence-electron chi connectivity index (χ1n) is 7.94. The Bertz CT molecular complexity index is 791. The van der Waals surface area contributed by atoms with Crippen LogP contribution in [0.25, 0.3) is 0 Å². The smallest absolute Gasteiger partial charge is 0.267 e. The molecule has 9 heteroatoms. The van der Waals surface area contributed by atoms with Gasteiger partial charge in [0.05, 0.1) is 14.7 Å². The number of carbonyl (C=O) groups is 2. The molecular weight excluding hydrogens is 374 g/mol. The lowest BCUT2D eigenvalue weighted by molar-refractivity contribution is -0.387. The summed E-state index contributed by atoms with van der Waals surface area (Å²) in [6.45, 7) is 4.18. The number of hydrogen-bond acceptors (Lipinski definition) is 6. The summed E-state index contributed by atoms with van der Waals surface area (Å²) in [7, 11) is 0. The van der Waals surface area contributed by atoms with Gasteiger partial charge in [-0.2, -0.15) is 0 Å². The van der Waals surface area contributed by atoms with Crippen LogP contribution in [0, 0.1) is 16.0 Å². The molecule has 1 aromatic carbocycles. The summed E-state index contributed by atoms with van der Waals surface area (Å²) in [5, 5.41) is 13.1. The standard InChI is InChI=1S/C17H19N3O4S2/c1-11(2)7-9-26-14-6-5-12(10-13(14)20(23)24)16(21)18-19-17(22)15-4-3-8-25-15/h3-6,8,10-11H,7,9H2,1-2H3,(H,18,21)(H,19,22). The van der Waals surface area contributed by atoms with Crippen LogP contribution in [-0.2, 0) is 0 Å². The largest absolute Gasteiger partial charge is 0.283 e. The second-order valence-corrected chi connectivity index (χ2v) is 7.94. The minimum Gasteiger partial charge on any atom is -0.267 e. The summed E-state index contributed by atoms with van der Waals surface area (Å²) >= 11 is 2.64. The van der Waals surface area contributed by atoms with Crippen molar-refractivity contribution in [2.24, 2.45) is 5.92 Å². The van der Waals surface area contributed by atoms with Crippen molar-refractivity contribution in [3.05, 3.63) is 56.3 Å². The van der Waals surface area contributed by atoms with Gasteiger partial charge >= 0.3 is 0 Å². The average molecular weight is 393 g/mol. The van der Waals surface area contributed by atoms with Crippen molar-refractivity contribution in [3.63, 3.8) is 0 Å². The number of amides is 2. The first-order valence-corrected chi connectivity index (χ1v) is 9.80. The van der Waals surface area contributed by atoms with E-state index in [9.17, 15) is 19.7 Å². The van der Waals surface area contributed by atoms with Gasteiger partial charge in [0, 0.05) is 11.6 Å². The highest BCUT2D eigenvalue weighted by Crippen LogP contribution is 2.31. The second-order valence-electron chi connectivity index (χ2n) is 5.86. The fraction of sp³-hybridized carbons (Fsp3) is 0.294. The van der Waals surface area contributed by atoms with Gasteiger partial charge < -0.3 is 0 Å². The number of nitrogens with zero attached hydrogens (tertiary/aromatic N) is 1. The summed E-state index contributed by atoms with van der Waals surface area (Å²) in [5.74, 6) is 0.222. The van der Waals surface area contributed by atoms with Crippen LogP contribution < -0.4 is 10.9 Å². The Morgan fingerprint density at radius 1 is 1.23 bits per heavy atom. The minimum atomic E-state index is -0.614. The molecule has 0 bridgehead atoms. The maximum absolute atomic E-state index is 12.2. The SMILES string of the molecule is CC(C)CCSc1ccc(C(=O)NNC(=O)c2cccs2)cc1[N+](=O)[O-]. The van der Waals surface area contributed by atoms with Crippen LogP contribution in [-0.4, -0.2) is 22.5 Å². The van der Waals surface area contributed by atoms with Gasteiger partial charge in [0.15, 0.2) is 0 Å². The molecule has 1 aromatic heterocycles. The van der Waals surface area contributed by atoms with Crippen LogP contribution in [0.4, 0.5) is 5.69 Å². The summed E-state index contributed by atoms with van der Waals surface area (Å²) in [6, 6.07) is 7.65. The van der Waals surface area contributed by atoms with Gasteiger partial charge in [0.25, 0.3) is 17.5 Å². The van der Waals surface area contributed by atoms with Crippen molar-refractivity contribution < 1.29 is 14.5 Å². The molecule has 2 amide bonds. The highest BCUT2D eigenvalue weighted by atomic mass is 32.2. The number of rotatable bonds is 7. The number of thiophene rings is 1. The number of nitrogens with one attached hydrogen (secondary N) is 2. The van der Waals surface area contributed by atoms with Gasteiger partial charge in [0.1, 0.15) is 0 Å². The Morgan fingerprint density at radius 2 is 1.96 bits per heavy atom. The number of hydrazine groups is 1. The highest BCUT2D eigenvalue weighted by molar-refractivity contribution is 7.99. The van der Waals surface area contributed by atoms with E-state index < -0.39 is 16.7 Å². The van der Waals surface area contributed by atoms with Gasteiger partial charge in [-0.1, -0.05) is 19.9 Å². The molecule has 0 saturated carbocycles. The van der Waals surface area contributed by atoms with E-state index in [4.69, 9.17) is 0 Å². The summed E-state index contributed by atoms with van der Waals surface area (Å²) in [5.41, 5.74) is 4.55. The Morgan fingerprint density at radius 3 is 2.58 bits per heavy atom. The van der Waals surface area contributed by atoms with Crippen molar-refractivity contribution in [2.75, 3.05) is 5.75 Å². The molecule has 138 valence electrons. The number of hydrogen-bond donors (Lipinski definition) is 2. The molecule has 0 fully saturated rings. The molecule has 2 aromatic rings. The highest BCUT2D eigenvalue weighted by Gasteiger charge is 2.18. The van der Waals surface area contributed by atoms with Crippen LogP contribution in [0.1, 0.15) is 40.3 Å². The molecular formula is C17H19N3O4S2. The quantitative estimate of drug-likeness (QED) is 0.422. The topological polar surface area (TPSA) is 101 Å². The van der Waals surface area contributed by atoms with E-state index >= 15 is 0 Å². The van der Waals surface area contributed by atoms with E-state index in [0.717, 1.165) is 12.2 Å². The molecule has 0 saturated heterocycles. The second kappa shape index (κ2) is 9.35. The third kappa shape index (κ3) is 5.57. The molecule has 2 rings (SSSR count). The summed E-state index contributed by atoms with van der Waals surface area (Å²) < 4.78 is 0. The predicted octanol–water partition coefficient (Wildman–Crippen LogP) is 3.87. The van der Waals surface area contributed by atoms with Gasteiger partial charge in [-0.25, -0.2) is 0 Å². The van der Waals surface area contributed by atoms with E-state index in [2.05, 4.69) is 24.7 Å². The van der Waals surface area contributed by atoms with E-state index in [1.165, 1.54) is 35.2 Å². The number of carbonyl (C=O) groups excluding carboxylic acids is 2. The van der Waals surface area contributed by atoms with Crippen LogP contribution in [0.2, 0.25) is 0 Å². The molecule has 2 N–H and O–H groups in total. The van der Waals surface area contributed by atoms with Gasteiger partial charge in [-0.3, -0.25) is 30.6 Å². The normalized spacial score (nSPS) is 10.6. The lowest BCUT2D eigenvalue weighted by atomic mass is 10.2. The Kier molecular flexibility index (Phi) is 7.16. The van der Waals surface area contributed by atoms with Crippen molar-refractivity contribution in [1.29, 1.82) is 0 Å². The zero-order valence-electron chi connectivity index (χ0n) is 14.4. The maximum Gasteiger partial charge on any atom is 0.283 e. The monoisotopic (exact) mass is 393 g/mol. The number of benzene rings is 1. The van der Waals surface area contributed by atoms with Crippen LogP contribution in [0.15, 0.2) is 40.6 Å². The fourth-order valence-electron chi connectivity index (χ4n) is 1.98. The Balaban J connectivity index is 2.04. The maximum atomic E-state index is 12.2. The zero-order valence-corrected chi connectivity index (χ0v) is 16.0. The van der Waals surface area contributed by atoms with Gasteiger partial charge in [0.2, 0.25) is 0 Å². The zero-order chi connectivity index (χ0) is 19.1. The van der Waals surface area contributed by atoms with Crippen LogP contribution in [0.3, 0.4) is 0 Å². The van der Waals surface area contributed by atoms with Gasteiger partial charge in [-0.15, -0.1) is 23.1 Å². The third-order valence-corrected chi connectivity index (χ3v) is 5.37. The molecule has 0 aliphatic heterocycles. The lowest BCUT2D eigenvalue weighted by Gasteiger charge is -2.08. The van der Waals surface area contributed by atoms with Crippen LogP contribution in [0.5, 0.6) is 0 Å². The molecule has 0 atom stereocenters. The number of thioether (sulfide) groups is 1. The molecule has 0 unspecified atom stereocenters. The van der Waals surface area contributed by atoms with Crippen molar-refractivity contribution >= 4 is 40.6 Å². The van der Waals surface area contributed by atoms with E-state index in [-0.39, 0.29) is 11.3 Å². The van der Waals surface area contributed by atoms with Crippen LogP contribution >= 0.6 is 23.1 Å². The van der Waals surface area contributed by atoms with Crippen molar-refractivity contribution in [3.8, 4) is 0 Å². The lowest BCUT2D eigenvalue weighted by Crippen LogP contribution is -2.41. The van der Waals surface area contributed by atoms with Crippen molar-refractivity contribution in [1.82, 2.24) is 10.9 Å². The molecule has 0 spiro atoms. The summed E-state index contributed by atoms with van der Waals surface area (Å²) in [4.78, 5) is 35.8. The van der Waals surface area contributed by atoms with E-state index in [1.807, 2.05) is 0 Å². The van der Waals surface area contributed by atoms with Gasteiger partial charge in [-0.05, 0) is 41.7 Å². The average Bonchev–Trinajstić information content (AvgIpc) is 3.13. The molecule has 0 aliphatic rings. The van der Waals surface area contributed by atoms with E-state index in [1.54, 1.807) is 23.6 Å². The predicted molar refractivity (Wildman–Crippen MR) is 103 cm³/mol. The first-order chi connectivity index (χ1) is 12.4. The Hall–Kier alpha value is -2.39. The molecule has 1 heterocycles. The minimum absolute atomic E-state index is 0.108. The number of nitro groups is 1. The third-order valence-electron chi connectivity index (χ3n) is 3.41.